The van der Waals surface area contributed by atoms with E-state index in [1.54, 1.807) is 6.92 Å². The Morgan fingerprint density at radius 3 is 2.25 bits per heavy atom. The van der Waals surface area contributed by atoms with Crippen LogP contribution in [0.3, 0.4) is 0 Å². The Morgan fingerprint density at radius 1 is 1.33 bits per heavy atom. The molecule has 72 valence electrons. The first-order valence-electron chi connectivity index (χ1n) is 4.21. The van der Waals surface area contributed by atoms with E-state index in [0.717, 1.165) is 25.7 Å². The van der Waals surface area contributed by atoms with Gasteiger partial charge < -0.3 is 11.1 Å². The molecule has 0 aromatic rings. The zero-order chi connectivity index (χ0) is 8.27. The van der Waals surface area contributed by atoms with E-state index in [1.807, 2.05) is 0 Å². The van der Waals surface area contributed by atoms with Gasteiger partial charge in [-0.2, -0.15) is 0 Å². The Kier molecular flexibility index (Phi) is 5.25. The van der Waals surface area contributed by atoms with E-state index in [0.29, 0.717) is 12.1 Å². The third kappa shape index (κ3) is 3.93. The molecule has 0 atom stereocenters. The van der Waals surface area contributed by atoms with Crippen LogP contribution in [-0.4, -0.2) is 18.0 Å². The van der Waals surface area contributed by atoms with Gasteiger partial charge in [-0.25, -0.2) is 0 Å². The number of halogens is 1. The molecule has 0 aromatic heterocycles. The van der Waals surface area contributed by atoms with Gasteiger partial charge in [0.2, 0.25) is 5.91 Å². The van der Waals surface area contributed by atoms with E-state index in [2.05, 4.69) is 5.32 Å². The monoisotopic (exact) mass is 192 g/mol. The summed E-state index contributed by atoms with van der Waals surface area (Å²) in [5, 5.41) is 2.91. The summed E-state index contributed by atoms with van der Waals surface area (Å²) in [6, 6.07) is 0.743. The molecule has 1 amide bonds. The minimum atomic E-state index is 0. The number of hydrogen-bond donors (Lipinski definition) is 2. The summed E-state index contributed by atoms with van der Waals surface area (Å²) in [4.78, 5) is 10.7. The lowest BCUT2D eigenvalue weighted by Crippen LogP contribution is -2.39. The van der Waals surface area contributed by atoms with E-state index < -0.39 is 0 Å². The Hall–Kier alpha value is -0.280. The van der Waals surface area contributed by atoms with Crippen molar-refractivity contribution in [2.45, 2.75) is 44.7 Å². The van der Waals surface area contributed by atoms with E-state index >= 15 is 0 Å². The SMILES string of the molecule is CC(=O)N[C@H]1CC[C@H](N)CC1.Cl. The maximum Gasteiger partial charge on any atom is 0.217 e. The normalized spacial score (nSPS) is 28.8. The second-order valence-corrected chi connectivity index (χ2v) is 3.31. The molecule has 4 heteroatoms. The number of hydrogen-bond acceptors (Lipinski definition) is 2. The van der Waals surface area contributed by atoms with E-state index in [1.165, 1.54) is 0 Å². The van der Waals surface area contributed by atoms with Gasteiger partial charge >= 0.3 is 0 Å². The van der Waals surface area contributed by atoms with Crippen LogP contribution in [0.2, 0.25) is 0 Å². The first-order chi connectivity index (χ1) is 5.18. The molecule has 1 fully saturated rings. The Morgan fingerprint density at radius 2 is 1.83 bits per heavy atom. The van der Waals surface area contributed by atoms with Crippen LogP contribution in [0.1, 0.15) is 32.6 Å². The molecule has 3 N–H and O–H groups in total. The van der Waals surface area contributed by atoms with Crippen molar-refractivity contribution >= 4 is 18.3 Å². The van der Waals surface area contributed by atoms with Gasteiger partial charge in [0.1, 0.15) is 0 Å². The van der Waals surface area contributed by atoms with Crippen LogP contribution in [0.4, 0.5) is 0 Å². The molecule has 0 saturated heterocycles. The zero-order valence-electron chi connectivity index (χ0n) is 7.38. The Labute approximate surface area is 79.5 Å². The fourth-order valence-corrected chi connectivity index (χ4v) is 1.55. The molecular weight excluding hydrogens is 176 g/mol. The summed E-state index contributed by atoms with van der Waals surface area (Å²) >= 11 is 0. The smallest absolute Gasteiger partial charge is 0.217 e. The van der Waals surface area contributed by atoms with Gasteiger partial charge in [0.15, 0.2) is 0 Å². The summed E-state index contributed by atoms with van der Waals surface area (Å²) in [5.41, 5.74) is 5.72. The second kappa shape index (κ2) is 5.38. The maximum atomic E-state index is 10.7. The third-order valence-corrected chi connectivity index (χ3v) is 2.18. The van der Waals surface area contributed by atoms with Gasteiger partial charge in [0.25, 0.3) is 0 Å². The highest BCUT2D eigenvalue weighted by Gasteiger charge is 2.18. The van der Waals surface area contributed by atoms with Crippen molar-refractivity contribution in [2.75, 3.05) is 0 Å². The minimum Gasteiger partial charge on any atom is -0.354 e. The molecule has 0 bridgehead atoms. The lowest BCUT2D eigenvalue weighted by molar-refractivity contribution is -0.119. The molecule has 1 rings (SSSR count). The second-order valence-electron chi connectivity index (χ2n) is 3.31. The number of amides is 1. The Bertz CT molecular complexity index is 144. The highest BCUT2D eigenvalue weighted by molar-refractivity contribution is 5.85. The van der Waals surface area contributed by atoms with Crippen molar-refractivity contribution in [2.24, 2.45) is 5.73 Å². The quantitative estimate of drug-likeness (QED) is 0.646. The van der Waals surface area contributed by atoms with Gasteiger partial charge in [-0.1, -0.05) is 0 Å². The molecule has 1 aliphatic carbocycles. The molecule has 0 aromatic carbocycles. The number of nitrogens with two attached hydrogens (primary N) is 1. The number of rotatable bonds is 1. The van der Waals surface area contributed by atoms with E-state index in [-0.39, 0.29) is 18.3 Å². The van der Waals surface area contributed by atoms with Gasteiger partial charge in [0.05, 0.1) is 0 Å². The van der Waals surface area contributed by atoms with Crippen LogP contribution in [0.5, 0.6) is 0 Å². The van der Waals surface area contributed by atoms with Crippen LogP contribution < -0.4 is 11.1 Å². The fraction of sp³-hybridized carbons (Fsp3) is 0.875. The van der Waals surface area contributed by atoms with Crippen molar-refractivity contribution in [1.82, 2.24) is 5.32 Å². The minimum absolute atomic E-state index is 0. The van der Waals surface area contributed by atoms with Gasteiger partial charge in [-0.05, 0) is 25.7 Å². The number of carbonyl (C=O) groups is 1. The standard InChI is InChI=1S/C8H16N2O.ClH/c1-6(11)10-8-4-2-7(9)3-5-8;/h7-8H,2-5,9H2,1H3,(H,10,11);1H/t7-,8-;. The Balaban J connectivity index is 0.00000121. The predicted molar refractivity (Wildman–Crippen MR) is 51.3 cm³/mol. The largest absolute Gasteiger partial charge is 0.354 e. The van der Waals surface area contributed by atoms with Crippen molar-refractivity contribution in [3.63, 3.8) is 0 Å². The highest BCUT2D eigenvalue weighted by Crippen LogP contribution is 2.16. The molecule has 0 radical (unpaired) electrons. The average molecular weight is 193 g/mol. The molecule has 1 aliphatic rings. The molecule has 0 aliphatic heterocycles. The summed E-state index contributed by atoms with van der Waals surface area (Å²) in [6.45, 7) is 1.56. The zero-order valence-corrected chi connectivity index (χ0v) is 8.19. The van der Waals surface area contributed by atoms with Crippen LogP contribution in [0.15, 0.2) is 0 Å². The van der Waals surface area contributed by atoms with Gasteiger partial charge in [-0.3, -0.25) is 4.79 Å². The van der Waals surface area contributed by atoms with Gasteiger partial charge in [-0.15, -0.1) is 12.4 Å². The maximum absolute atomic E-state index is 10.7. The lowest BCUT2D eigenvalue weighted by Gasteiger charge is -2.26. The van der Waals surface area contributed by atoms with Crippen molar-refractivity contribution < 1.29 is 4.79 Å². The molecule has 0 spiro atoms. The first-order valence-corrected chi connectivity index (χ1v) is 4.21. The molecule has 0 unspecified atom stereocenters. The predicted octanol–water partition coefficient (Wildman–Crippen LogP) is 0.814. The van der Waals surface area contributed by atoms with E-state index in [4.69, 9.17) is 5.73 Å². The lowest BCUT2D eigenvalue weighted by atomic mass is 9.92. The summed E-state index contributed by atoms with van der Waals surface area (Å²) in [5.74, 6) is 0.0745. The van der Waals surface area contributed by atoms with Crippen LogP contribution in [0.25, 0.3) is 0 Å². The molecule has 0 heterocycles. The van der Waals surface area contributed by atoms with Crippen LogP contribution in [0, 0.1) is 0 Å². The van der Waals surface area contributed by atoms with Crippen LogP contribution >= 0.6 is 12.4 Å². The number of nitrogens with one attached hydrogen (secondary N) is 1. The number of carbonyl (C=O) groups excluding carboxylic acids is 1. The van der Waals surface area contributed by atoms with Crippen LogP contribution in [-0.2, 0) is 4.79 Å². The molecule has 3 nitrogen and oxygen atoms in total. The molecule has 1 saturated carbocycles. The average Bonchev–Trinajstić information content (AvgIpc) is 1.93. The van der Waals surface area contributed by atoms with E-state index in [9.17, 15) is 4.79 Å². The van der Waals surface area contributed by atoms with Crippen molar-refractivity contribution in [1.29, 1.82) is 0 Å². The van der Waals surface area contributed by atoms with Crippen molar-refractivity contribution in [3.8, 4) is 0 Å². The van der Waals surface area contributed by atoms with Crippen molar-refractivity contribution in [3.05, 3.63) is 0 Å². The summed E-state index contributed by atoms with van der Waals surface area (Å²) in [6.07, 6.45) is 4.18. The van der Waals surface area contributed by atoms with Gasteiger partial charge in [0, 0.05) is 19.0 Å². The molecule has 12 heavy (non-hydrogen) atoms. The fourth-order valence-electron chi connectivity index (χ4n) is 1.55. The first kappa shape index (κ1) is 11.7. The summed E-state index contributed by atoms with van der Waals surface area (Å²) < 4.78 is 0. The topological polar surface area (TPSA) is 55.1 Å². The highest BCUT2D eigenvalue weighted by atomic mass is 35.5. The molecular formula is C8H17ClN2O. The third-order valence-electron chi connectivity index (χ3n) is 2.18. The summed E-state index contributed by atoms with van der Waals surface area (Å²) in [7, 11) is 0.